The number of allylic oxidation sites excluding steroid dienone is 1. The van der Waals surface area contributed by atoms with Gasteiger partial charge >= 0.3 is 5.97 Å². The third-order valence-corrected chi connectivity index (χ3v) is 6.56. The molecule has 0 N–H and O–H groups in total. The van der Waals surface area contributed by atoms with Crippen LogP contribution in [0.3, 0.4) is 0 Å². The maximum atomic E-state index is 12.6. The Morgan fingerprint density at radius 2 is 2.05 bits per heavy atom. The van der Waals surface area contributed by atoms with Gasteiger partial charge in [0.2, 0.25) is 0 Å². The molecule has 0 aromatic heterocycles. The van der Waals surface area contributed by atoms with Crippen molar-refractivity contribution >= 4 is 5.97 Å². The van der Waals surface area contributed by atoms with Crippen molar-refractivity contribution in [2.45, 2.75) is 59.0 Å². The van der Waals surface area contributed by atoms with Crippen molar-refractivity contribution in [3.63, 3.8) is 0 Å². The van der Waals surface area contributed by atoms with Crippen LogP contribution in [0.5, 0.6) is 0 Å². The first-order valence-electron chi connectivity index (χ1n) is 8.36. The molecule has 1 saturated carbocycles. The molecule has 1 aliphatic heterocycles. The molecule has 0 aromatic rings. The van der Waals surface area contributed by atoms with E-state index in [9.17, 15) is 4.79 Å². The van der Waals surface area contributed by atoms with E-state index >= 15 is 0 Å². The smallest absolute Gasteiger partial charge is 0.315 e. The van der Waals surface area contributed by atoms with Gasteiger partial charge in [-0.1, -0.05) is 19.1 Å². The van der Waals surface area contributed by atoms with Gasteiger partial charge < -0.3 is 9.47 Å². The van der Waals surface area contributed by atoms with Gasteiger partial charge in [-0.25, -0.2) is 0 Å². The van der Waals surface area contributed by atoms with E-state index in [4.69, 9.17) is 9.47 Å². The maximum absolute atomic E-state index is 12.6. The van der Waals surface area contributed by atoms with Gasteiger partial charge in [-0.2, -0.15) is 0 Å². The van der Waals surface area contributed by atoms with Crippen molar-refractivity contribution in [2.24, 2.45) is 22.7 Å². The molecule has 0 aromatic carbocycles. The van der Waals surface area contributed by atoms with Crippen LogP contribution in [0.2, 0.25) is 0 Å². The van der Waals surface area contributed by atoms with Crippen LogP contribution in [0.1, 0.15) is 53.4 Å². The molecule has 0 amide bonds. The molecule has 0 unspecified atom stereocenters. The summed E-state index contributed by atoms with van der Waals surface area (Å²) < 4.78 is 11.5. The SMILES string of the molecule is CCOC(=O)[C@]1(C)C=CC[C@]2(C)[C@@H]1CC[C@]1(C)OCC[C@@H]21. The molecule has 3 aliphatic rings. The van der Waals surface area contributed by atoms with Gasteiger partial charge in [0.25, 0.3) is 0 Å². The lowest BCUT2D eigenvalue weighted by Crippen LogP contribution is -2.57. The fraction of sp³-hybridized carbons (Fsp3) is 0.833. The number of fused-ring (bicyclic) bond motifs is 3. The largest absolute Gasteiger partial charge is 0.465 e. The molecule has 0 spiro atoms. The minimum atomic E-state index is -0.479. The molecular formula is C18H28O3. The van der Waals surface area contributed by atoms with Crippen LogP contribution < -0.4 is 0 Å². The van der Waals surface area contributed by atoms with Gasteiger partial charge in [0, 0.05) is 6.61 Å². The van der Waals surface area contributed by atoms with E-state index in [1.54, 1.807) is 0 Å². The second-order valence-electron chi connectivity index (χ2n) is 7.71. The first kappa shape index (κ1) is 15.1. The Bertz CT molecular complexity index is 471. The molecule has 3 rings (SSSR count). The normalized spacial score (nSPS) is 48.6. The van der Waals surface area contributed by atoms with Crippen LogP contribution in [-0.4, -0.2) is 24.8 Å². The Morgan fingerprint density at radius 1 is 1.29 bits per heavy atom. The zero-order chi connectivity index (χ0) is 15.3. The zero-order valence-corrected chi connectivity index (χ0v) is 13.8. The third-order valence-electron chi connectivity index (χ3n) is 6.56. The fourth-order valence-corrected chi connectivity index (χ4v) is 5.53. The van der Waals surface area contributed by atoms with E-state index in [1.165, 1.54) is 0 Å². The van der Waals surface area contributed by atoms with Crippen molar-refractivity contribution in [1.29, 1.82) is 0 Å². The van der Waals surface area contributed by atoms with Gasteiger partial charge in [0.05, 0.1) is 17.6 Å². The Balaban J connectivity index is 1.98. The average Bonchev–Trinajstić information content (AvgIpc) is 2.82. The molecule has 3 heteroatoms. The number of carbonyl (C=O) groups is 1. The van der Waals surface area contributed by atoms with Crippen molar-refractivity contribution in [2.75, 3.05) is 13.2 Å². The summed E-state index contributed by atoms with van der Waals surface area (Å²) in [7, 11) is 0. The van der Waals surface area contributed by atoms with Crippen molar-refractivity contribution in [1.82, 2.24) is 0 Å². The van der Waals surface area contributed by atoms with E-state index in [-0.39, 0.29) is 17.0 Å². The lowest BCUT2D eigenvalue weighted by Gasteiger charge is -2.58. The van der Waals surface area contributed by atoms with Crippen LogP contribution >= 0.6 is 0 Å². The highest BCUT2D eigenvalue weighted by Gasteiger charge is 2.62. The van der Waals surface area contributed by atoms with E-state index in [0.717, 1.165) is 32.3 Å². The van der Waals surface area contributed by atoms with E-state index in [1.807, 2.05) is 6.92 Å². The Morgan fingerprint density at radius 3 is 2.76 bits per heavy atom. The summed E-state index contributed by atoms with van der Waals surface area (Å²) in [6.45, 7) is 9.92. The number of rotatable bonds is 2. The molecule has 1 heterocycles. The van der Waals surface area contributed by atoms with E-state index < -0.39 is 5.41 Å². The molecule has 3 nitrogen and oxygen atoms in total. The van der Waals surface area contributed by atoms with Crippen LogP contribution in [0.4, 0.5) is 0 Å². The molecule has 5 atom stereocenters. The van der Waals surface area contributed by atoms with Crippen LogP contribution in [0.25, 0.3) is 0 Å². The molecule has 118 valence electrons. The monoisotopic (exact) mass is 292 g/mol. The number of hydrogen-bond acceptors (Lipinski definition) is 3. The summed E-state index contributed by atoms with van der Waals surface area (Å²) in [4.78, 5) is 12.6. The standard InChI is InChI=1S/C18H28O3/c1-5-20-15(19)17(3)10-6-9-16(2)13(17)7-11-18(4)14(16)8-12-21-18/h6,10,13-14H,5,7-9,11-12H2,1-4H3/t13-,14-,16+,17+,18-/m0/s1. The zero-order valence-electron chi connectivity index (χ0n) is 13.8. The van der Waals surface area contributed by atoms with E-state index in [0.29, 0.717) is 18.4 Å². The highest BCUT2D eigenvalue weighted by molar-refractivity contribution is 5.79. The average molecular weight is 292 g/mol. The van der Waals surface area contributed by atoms with Crippen molar-refractivity contribution in [3.8, 4) is 0 Å². The number of esters is 1. The number of carbonyl (C=O) groups excluding carboxylic acids is 1. The Labute approximate surface area is 128 Å². The molecular weight excluding hydrogens is 264 g/mol. The van der Waals surface area contributed by atoms with Gasteiger partial charge in [0.15, 0.2) is 0 Å². The maximum Gasteiger partial charge on any atom is 0.315 e. The molecule has 1 saturated heterocycles. The van der Waals surface area contributed by atoms with Crippen molar-refractivity contribution < 1.29 is 14.3 Å². The summed E-state index contributed by atoms with van der Waals surface area (Å²) in [6.07, 6.45) is 8.59. The predicted octanol–water partition coefficient (Wildman–Crippen LogP) is 3.73. The van der Waals surface area contributed by atoms with Crippen LogP contribution in [0, 0.1) is 22.7 Å². The fourth-order valence-electron chi connectivity index (χ4n) is 5.53. The van der Waals surface area contributed by atoms with Crippen molar-refractivity contribution in [3.05, 3.63) is 12.2 Å². The van der Waals surface area contributed by atoms with Crippen LogP contribution in [0.15, 0.2) is 12.2 Å². The third kappa shape index (κ3) is 2.00. The predicted molar refractivity (Wildman–Crippen MR) is 81.8 cm³/mol. The molecule has 2 aliphatic carbocycles. The molecule has 0 bridgehead atoms. The lowest BCUT2D eigenvalue weighted by molar-refractivity contribution is -0.170. The second-order valence-corrected chi connectivity index (χ2v) is 7.71. The Kier molecular flexibility index (Phi) is 3.47. The molecule has 21 heavy (non-hydrogen) atoms. The van der Waals surface area contributed by atoms with Gasteiger partial charge in [-0.3, -0.25) is 4.79 Å². The number of ether oxygens (including phenoxy) is 2. The summed E-state index contributed by atoms with van der Waals surface area (Å²) in [5.41, 5.74) is -0.335. The minimum Gasteiger partial charge on any atom is -0.465 e. The van der Waals surface area contributed by atoms with Crippen LogP contribution in [-0.2, 0) is 14.3 Å². The Hall–Kier alpha value is -0.830. The first-order valence-corrected chi connectivity index (χ1v) is 8.36. The first-order chi connectivity index (χ1) is 9.87. The minimum absolute atomic E-state index is 0.00595. The summed E-state index contributed by atoms with van der Waals surface area (Å²) in [5, 5.41) is 0. The molecule has 0 radical (unpaired) electrons. The highest BCUT2D eigenvalue weighted by atomic mass is 16.5. The highest BCUT2D eigenvalue weighted by Crippen LogP contribution is 2.63. The molecule has 2 fully saturated rings. The topological polar surface area (TPSA) is 35.5 Å². The lowest BCUT2D eigenvalue weighted by atomic mass is 9.47. The van der Waals surface area contributed by atoms with Gasteiger partial charge in [0.1, 0.15) is 0 Å². The summed E-state index contributed by atoms with van der Waals surface area (Å²) in [5.74, 6) is 0.843. The van der Waals surface area contributed by atoms with E-state index in [2.05, 4.69) is 32.9 Å². The summed E-state index contributed by atoms with van der Waals surface area (Å²) in [6, 6.07) is 0. The number of hydrogen-bond donors (Lipinski definition) is 0. The van der Waals surface area contributed by atoms with Gasteiger partial charge in [-0.15, -0.1) is 0 Å². The second kappa shape index (κ2) is 4.84. The van der Waals surface area contributed by atoms with Gasteiger partial charge in [-0.05, 0) is 63.7 Å². The quantitative estimate of drug-likeness (QED) is 0.574. The summed E-state index contributed by atoms with van der Waals surface area (Å²) >= 11 is 0.